The fourth-order valence-corrected chi connectivity index (χ4v) is 5.59. The second-order valence-electron chi connectivity index (χ2n) is 5.21. The quantitative estimate of drug-likeness (QED) is 0.563. The van der Waals surface area contributed by atoms with E-state index in [4.69, 9.17) is 5.73 Å². The van der Waals surface area contributed by atoms with Crippen molar-refractivity contribution in [3.63, 3.8) is 0 Å². The minimum absolute atomic E-state index is 0.323. The largest absolute Gasteiger partial charge is 0.354 e. The molecule has 0 aliphatic carbocycles. The summed E-state index contributed by atoms with van der Waals surface area (Å²) in [5.74, 6) is 1.17. The zero-order valence-electron chi connectivity index (χ0n) is 11.7. The van der Waals surface area contributed by atoms with Gasteiger partial charge < -0.3 is 5.73 Å². The molecular formula is C16H14IN4S+. The molecule has 3 atom stereocenters. The first-order valence-corrected chi connectivity index (χ1v) is 9.39. The Bertz CT molecular complexity index is 742. The highest BCUT2D eigenvalue weighted by Gasteiger charge is 2.46. The number of hydrogen-bond acceptors (Lipinski definition) is 4. The lowest BCUT2D eigenvalue weighted by molar-refractivity contribution is -0.831. The van der Waals surface area contributed by atoms with E-state index in [2.05, 4.69) is 34.7 Å². The molecular weight excluding hydrogens is 407 g/mol. The molecule has 1 fully saturated rings. The second-order valence-corrected chi connectivity index (χ2v) is 7.12. The Labute approximate surface area is 147 Å². The van der Waals surface area contributed by atoms with E-state index in [-0.39, 0.29) is 5.92 Å². The van der Waals surface area contributed by atoms with E-state index in [1.807, 2.05) is 30.3 Å². The van der Waals surface area contributed by atoms with Gasteiger partial charge >= 0.3 is 0 Å². The standard InChI is InChI=1S/C16H13IN4S/c17-6-11-9-22-16-13(8-19)14(10-4-2-1-3-5-10)12(7-18)15(20)21(11)16/h1-5,11,14H,6,9,20H2/p+1. The van der Waals surface area contributed by atoms with E-state index in [0.29, 0.717) is 23.0 Å². The molecule has 3 unspecified atom stereocenters. The first-order valence-electron chi connectivity index (χ1n) is 6.88. The van der Waals surface area contributed by atoms with Gasteiger partial charge in [-0.1, -0.05) is 64.7 Å². The minimum atomic E-state index is -0.338. The van der Waals surface area contributed by atoms with Gasteiger partial charge in [-0.2, -0.15) is 10.5 Å². The molecule has 2 heterocycles. The summed E-state index contributed by atoms with van der Waals surface area (Å²) in [5.41, 5.74) is 8.48. The zero-order chi connectivity index (χ0) is 15.7. The molecule has 6 heteroatoms. The minimum Gasteiger partial charge on any atom is -0.354 e. The topological polar surface area (TPSA) is 78.0 Å². The SMILES string of the molecule is N#CC1=C(N)[NH+]2C(=C(C#N)C1c1ccccc1)SCC2CI. The first kappa shape index (κ1) is 15.4. The maximum Gasteiger partial charge on any atom is 0.217 e. The molecule has 0 saturated carbocycles. The van der Waals surface area contributed by atoms with Crippen LogP contribution in [0.2, 0.25) is 0 Å². The number of alkyl halides is 1. The number of quaternary nitrogens is 1. The average molecular weight is 421 g/mol. The van der Waals surface area contributed by atoms with E-state index in [1.54, 1.807) is 11.8 Å². The summed E-state index contributed by atoms with van der Waals surface area (Å²) in [6.45, 7) is 0. The third kappa shape index (κ3) is 2.32. The van der Waals surface area contributed by atoms with Crippen LogP contribution < -0.4 is 10.6 Å². The molecule has 3 N–H and O–H groups in total. The summed E-state index contributed by atoms with van der Waals surface area (Å²) < 4.78 is 0.942. The number of fused-ring (bicyclic) bond motifs is 1. The summed E-state index contributed by atoms with van der Waals surface area (Å²) in [7, 11) is 0. The number of hydrogen-bond donors (Lipinski definition) is 2. The van der Waals surface area contributed by atoms with Crippen molar-refractivity contribution in [1.82, 2.24) is 0 Å². The maximum absolute atomic E-state index is 9.72. The lowest BCUT2D eigenvalue weighted by Crippen LogP contribution is -3.13. The number of halogens is 1. The van der Waals surface area contributed by atoms with Crippen LogP contribution in [-0.4, -0.2) is 16.2 Å². The summed E-state index contributed by atoms with van der Waals surface area (Å²) in [4.78, 5) is 1.01. The second kappa shape index (κ2) is 6.33. The highest BCUT2D eigenvalue weighted by molar-refractivity contribution is 14.1. The van der Waals surface area contributed by atoms with Gasteiger partial charge in [-0.3, -0.25) is 0 Å². The lowest BCUT2D eigenvalue weighted by Gasteiger charge is -2.28. The molecule has 0 bridgehead atoms. The maximum atomic E-state index is 9.72. The molecule has 22 heavy (non-hydrogen) atoms. The van der Waals surface area contributed by atoms with E-state index >= 15 is 0 Å². The molecule has 1 aromatic carbocycles. The fourth-order valence-electron chi connectivity index (χ4n) is 3.01. The van der Waals surface area contributed by atoms with Crippen molar-refractivity contribution in [2.45, 2.75) is 12.0 Å². The number of nitrogens with two attached hydrogens (primary N) is 1. The molecule has 2 aliphatic rings. The third-order valence-corrected chi connectivity index (χ3v) is 6.40. The number of allylic oxidation sites excluding steroid dienone is 2. The average Bonchev–Trinajstić information content (AvgIpc) is 2.99. The van der Waals surface area contributed by atoms with Crippen LogP contribution in [0, 0.1) is 22.7 Å². The number of benzene rings is 1. The molecule has 110 valence electrons. The smallest absolute Gasteiger partial charge is 0.217 e. The van der Waals surface area contributed by atoms with E-state index in [0.717, 1.165) is 25.7 Å². The van der Waals surface area contributed by atoms with Crippen LogP contribution in [0.3, 0.4) is 0 Å². The van der Waals surface area contributed by atoms with Gasteiger partial charge in [-0.05, 0) is 5.56 Å². The molecule has 0 aromatic heterocycles. The van der Waals surface area contributed by atoms with Gasteiger partial charge in [0.1, 0.15) is 29.3 Å². The van der Waals surface area contributed by atoms with Crippen LogP contribution in [0.25, 0.3) is 0 Å². The Morgan fingerprint density at radius 1 is 1.23 bits per heavy atom. The summed E-state index contributed by atoms with van der Waals surface area (Å²) in [6.07, 6.45) is 0. The Morgan fingerprint density at radius 2 is 1.91 bits per heavy atom. The number of nitriles is 2. The van der Waals surface area contributed by atoms with Crippen LogP contribution in [-0.2, 0) is 0 Å². The number of nitrogens with one attached hydrogen (secondary N) is 1. The van der Waals surface area contributed by atoms with E-state index < -0.39 is 0 Å². The summed E-state index contributed by atoms with van der Waals surface area (Å²) in [5, 5.41) is 20.4. The van der Waals surface area contributed by atoms with Crippen LogP contribution in [0.5, 0.6) is 0 Å². The van der Waals surface area contributed by atoms with Crippen LogP contribution in [0.1, 0.15) is 11.5 Å². The van der Waals surface area contributed by atoms with Crippen molar-refractivity contribution in [3.05, 3.63) is 57.9 Å². The number of thioether (sulfide) groups is 1. The monoisotopic (exact) mass is 421 g/mol. The molecule has 1 saturated heterocycles. The highest BCUT2D eigenvalue weighted by atomic mass is 127. The van der Waals surface area contributed by atoms with Crippen LogP contribution in [0.15, 0.2) is 52.3 Å². The van der Waals surface area contributed by atoms with E-state index in [1.165, 1.54) is 0 Å². The van der Waals surface area contributed by atoms with Crippen molar-refractivity contribution in [2.24, 2.45) is 5.73 Å². The lowest BCUT2D eigenvalue weighted by atomic mass is 9.83. The van der Waals surface area contributed by atoms with Crippen molar-refractivity contribution < 1.29 is 4.90 Å². The van der Waals surface area contributed by atoms with Crippen LogP contribution >= 0.6 is 34.4 Å². The molecule has 1 aromatic rings. The molecule has 0 spiro atoms. The molecule has 0 radical (unpaired) electrons. The predicted molar refractivity (Wildman–Crippen MR) is 94.7 cm³/mol. The molecule has 2 aliphatic heterocycles. The molecule has 3 rings (SSSR count). The highest BCUT2D eigenvalue weighted by Crippen LogP contribution is 2.39. The molecule has 0 amide bonds. The van der Waals surface area contributed by atoms with Gasteiger partial charge in [0.15, 0.2) is 5.03 Å². The Balaban J connectivity index is 2.21. The fraction of sp³-hybridized carbons (Fsp3) is 0.250. The first-order chi connectivity index (χ1) is 10.7. The third-order valence-electron chi connectivity index (χ3n) is 4.04. The van der Waals surface area contributed by atoms with Gasteiger partial charge in [-0.15, -0.1) is 0 Å². The Morgan fingerprint density at radius 3 is 2.50 bits per heavy atom. The zero-order valence-corrected chi connectivity index (χ0v) is 14.7. The summed E-state index contributed by atoms with van der Waals surface area (Å²) >= 11 is 4.04. The van der Waals surface area contributed by atoms with E-state index in [9.17, 15) is 10.5 Å². The summed E-state index contributed by atoms with van der Waals surface area (Å²) in [6, 6.07) is 14.6. The normalized spacial score (nSPS) is 27.3. The van der Waals surface area contributed by atoms with Crippen molar-refractivity contribution >= 4 is 34.4 Å². The van der Waals surface area contributed by atoms with Crippen molar-refractivity contribution in [2.75, 3.05) is 10.2 Å². The van der Waals surface area contributed by atoms with Crippen LogP contribution in [0.4, 0.5) is 0 Å². The van der Waals surface area contributed by atoms with Crippen molar-refractivity contribution in [1.29, 1.82) is 10.5 Å². The Hall–Kier alpha value is -1.48. The number of nitrogens with zero attached hydrogens (tertiary/aromatic N) is 2. The van der Waals surface area contributed by atoms with Gasteiger partial charge in [-0.25, -0.2) is 4.90 Å². The van der Waals surface area contributed by atoms with Crippen molar-refractivity contribution in [3.8, 4) is 12.1 Å². The van der Waals surface area contributed by atoms with Gasteiger partial charge in [0.25, 0.3) is 0 Å². The van der Waals surface area contributed by atoms with Gasteiger partial charge in [0.05, 0.1) is 16.1 Å². The Kier molecular flexibility index (Phi) is 4.44. The van der Waals surface area contributed by atoms with Gasteiger partial charge in [0, 0.05) is 0 Å². The predicted octanol–water partition coefficient (Wildman–Crippen LogP) is 1.65. The molecule has 4 nitrogen and oxygen atoms in total. The number of rotatable bonds is 2. The van der Waals surface area contributed by atoms with Gasteiger partial charge in [0.2, 0.25) is 5.82 Å².